The Bertz CT molecular complexity index is 869. The zero-order valence-corrected chi connectivity index (χ0v) is 15.9. The molecule has 0 saturated carbocycles. The van der Waals surface area contributed by atoms with Crippen LogP contribution in [0.1, 0.15) is 47.6 Å². The van der Waals surface area contributed by atoms with Crippen LogP contribution in [0.5, 0.6) is 0 Å². The van der Waals surface area contributed by atoms with Crippen molar-refractivity contribution in [1.82, 2.24) is 19.6 Å². The molecular weight excluding hydrogens is 344 g/mol. The van der Waals surface area contributed by atoms with Crippen LogP contribution in [-0.4, -0.2) is 57.8 Å². The zero-order chi connectivity index (χ0) is 19.1. The van der Waals surface area contributed by atoms with E-state index in [4.69, 9.17) is 4.74 Å². The van der Waals surface area contributed by atoms with Crippen molar-refractivity contribution in [3.05, 3.63) is 47.3 Å². The number of rotatable bonds is 2. The van der Waals surface area contributed by atoms with Crippen molar-refractivity contribution in [2.24, 2.45) is 0 Å². The van der Waals surface area contributed by atoms with E-state index in [1.807, 2.05) is 42.2 Å². The minimum atomic E-state index is -0.298. The van der Waals surface area contributed by atoms with E-state index in [1.54, 1.807) is 9.58 Å². The van der Waals surface area contributed by atoms with Crippen LogP contribution in [0.3, 0.4) is 0 Å². The maximum absolute atomic E-state index is 13.3. The number of carbonyl (C=O) groups is 2. The van der Waals surface area contributed by atoms with Crippen molar-refractivity contribution >= 4 is 12.0 Å². The van der Waals surface area contributed by atoms with Crippen molar-refractivity contribution in [2.75, 3.05) is 20.2 Å². The van der Waals surface area contributed by atoms with Crippen molar-refractivity contribution < 1.29 is 14.3 Å². The highest BCUT2D eigenvalue weighted by molar-refractivity contribution is 5.98. The average molecular weight is 368 g/mol. The molecule has 3 heterocycles. The Balaban J connectivity index is 1.61. The lowest BCUT2D eigenvalue weighted by atomic mass is 10.0. The van der Waals surface area contributed by atoms with Gasteiger partial charge in [-0.25, -0.2) is 9.48 Å². The maximum atomic E-state index is 13.3. The van der Waals surface area contributed by atoms with Crippen molar-refractivity contribution in [3.63, 3.8) is 0 Å². The molecule has 1 atom stereocenters. The number of aromatic nitrogens is 2. The van der Waals surface area contributed by atoms with Gasteiger partial charge in [0, 0.05) is 24.7 Å². The molecule has 1 fully saturated rings. The molecule has 7 nitrogen and oxygen atoms in total. The Morgan fingerprint density at radius 1 is 1.19 bits per heavy atom. The van der Waals surface area contributed by atoms with Crippen molar-refractivity contribution in [3.8, 4) is 5.69 Å². The summed E-state index contributed by atoms with van der Waals surface area (Å²) in [6.07, 6.45) is 1.22. The lowest BCUT2D eigenvalue weighted by molar-refractivity contribution is 0.0497. The van der Waals surface area contributed by atoms with Crippen LogP contribution >= 0.6 is 0 Å². The summed E-state index contributed by atoms with van der Waals surface area (Å²) in [5.41, 5.74) is 3.47. The molecule has 7 heteroatoms. The average Bonchev–Trinajstić information content (AvgIpc) is 3.18. The zero-order valence-electron chi connectivity index (χ0n) is 15.9. The fraction of sp³-hybridized carbons (Fsp3) is 0.450. The monoisotopic (exact) mass is 368 g/mol. The number of benzene rings is 1. The molecule has 1 unspecified atom stereocenters. The molecule has 1 saturated heterocycles. The number of nitrogens with zero attached hydrogens (tertiary/aromatic N) is 4. The van der Waals surface area contributed by atoms with Gasteiger partial charge in [0.15, 0.2) is 0 Å². The van der Waals surface area contributed by atoms with Gasteiger partial charge in [-0.05, 0) is 38.8 Å². The van der Waals surface area contributed by atoms with Gasteiger partial charge in [-0.2, -0.15) is 5.10 Å². The highest BCUT2D eigenvalue weighted by Crippen LogP contribution is 2.39. The molecule has 2 aromatic rings. The molecule has 142 valence electrons. The fourth-order valence-electron chi connectivity index (χ4n) is 4.38. The molecular formula is C20H24N4O3. The number of hydrogen-bond donors (Lipinski definition) is 0. The van der Waals surface area contributed by atoms with E-state index < -0.39 is 0 Å². The van der Waals surface area contributed by atoms with Gasteiger partial charge < -0.3 is 14.5 Å². The summed E-state index contributed by atoms with van der Waals surface area (Å²) in [5, 5.41) is 4.63. The van der Waals surface area contributed by atoms with Crippen LogP contribution in [0.15, 0.2) is 30.3 Å². The number of amides is 2. The Hall–Kier alpha value is -2.83. The molecule has 27 heavy (non-hydrogen) atoms. The fourth-order valence-corrected chi connectivity index (χ4v) is 4.38. The number of carbonyl (C=O) groups excluding carboxylic acids is 2. The van der Waals surface area contributed by atoms with Gasteiger partial charge in [0.2, 0.25) is 0 Å². The molecule has 2 aliphatic heterocycles. The Kier molecular flexibility index (Phi) is 4.37. The number of aryl methyl sites for hydroxylation is 1. The molecule has 0 spiro atoms. The topological polar surface area (TPSA) is 67.7 Å². The quantitative estimate of drug-likeness (QED) is 0.817. The highest BCUT2D eigenvalue weighted by Gasteiger charge is 2.44. The van der Waals surface area contributed by atoms with Crippen LogP contribution in [0.2, 0.25) is 0 Å². The molecule has 0 aliphatic carbocycles. The SMILES string of the molecule is COC(=O)N1CCC(N2C(=O)c3c(c(C)nn3-c3ccccc3)C2C)CC1. The summed E-state index contributed by atoms with van der Waals surface area (Å²) < 4.78 is 6.58. The Morgan fingerprint density at radius 2 is 1.85 bits per heavy atom. The lowest BCUT2D eigenvalue weighted by Crippen LogP contribution is -2.47. The normalized spacial score (nSPS) is 20.1. The van der Waals surface area contributed by atoms with Crippen LogP contribution in [-0.2, 0) is 4.74 Å². The first-order valence-electron chi connectivity index (χ1n) is 9.33. The number of fused-ring (bicyclic) bond motifs is 1. The van der Waals surface area contributed by atoms with Crippen LogP contribution in [0.4, 0.5) is 4.79 Å². The number of hydrogen-bond acceptors (Lipinski definition) is 4. The summed E-state index contributed by atoms with van der Waals surface area (Å²) in [6.45, 7) is 5.24. The number of piperidine rings is 1. The van der Waals surface area contributed by atoms with E-state index in [0.717, 1.165) is 29.8 Å². The number of ether oxygens (including phenoxy) is 1. The standard InChI is InChI=1S/C20H24N4O3/c1-13-17-14(2)23(15-9-11-22(12-10-15)20(26)27-3)19(25)18(17)24(21-13)16-7-5-4-6-8-16/h4-8,14-15H,9-12H2,1-3H3. The summed E-state index contributed by atoms with van der Waals surface area (Å²) >= 11 is 0. The van der Waals surface area contributed by atoms with E-state index >= 15 is 0 Å². The third kappa shape index (κ3) is 2.78. The van der Waals surface area contributed by atoms with Gasteiger partial charge in [0.25, 0.3) is 5.91 Å². The summed E-state index contributed by atoms with van der Waals surface area (Å²) in [5.74, 6) is 0.0264. The Morgan fingerprint density at radius 3 is 2.48 bits per heavy atom. The van der Waals surface area contributed by atoms with Crippen LogP contribution < -0.4 is 0 Å². The van der Waals surface area contributed by atoms with Gasteiger partial charge in [0.05, 0.1) is 24.5 Å². The van der Waals surface area contributed by atoms with Crippen molar-refractivity contribution in [2.45, 2.75) is 38.8 Å². The Labute approximate surface area is 158 Å². The highest BCUT2D eigenvalue weighted by atomic mass is 16.5. The van der Waals surface area contributed by atoms with Gasteiger partial charge in [-0.1, -0.05) is 18.2 Å². The van der Waals surface area contributed by atoms with Crippen LogP contribution in [0, 0.1) is 6.92 Å². The summed E-state index contributed by atoms with van der Waals surface area (Å²) in [4.78, 5) is 28.7. The molecule has 1 aromatic carbocycles. The molecule has 4 rings (SSSR count). The maximum Gasteiger partial charge on any atom is 0.409 e. The van der Waals surface area contributed by atoms with E-state index in [-0.39, 0.29) is 24.1 Å². The predicted molar refractivity (Wildman–Crippen MR) is 99.9 cm³/mol. The van der Waals surface area contributed by atoms with E-state index in [0.29, 0.717) is 18.8 Å². The van der Waals surface area contributed by atoms with E-state index in [9.17, 15) is 9.59 Å². The minimum absolute atomic E-state index is 0.0142. The predicted octanol–water partition coefficient (Wildman–Crippen LogP) is 2.93. The molecule has 2 amide bonds. The second-order valence-electron chi connectivity index (χ2n) is 7.17. The molecule has 1 aromatic heterocycles. The number of para-hydroxylation sites is 1. The van der Waals surface area contributed by atoms with Gasteiger partial charge >= 0.3 is 6.09 Å². The van der Waals surface area contributed by atoms with Crippen molar-refractivity contribution in [1.29, 1.82) is 0 Å². The van der Waals surface area contributed by atoms with Crippen LogP contribution in [0.25, 0.3) is 5.69 Å². The van der Waals surface area contributed by atoms with E-state index in [1.165, 1.54) is 7.11 Å². The first-order chi connectivity index (χ1) is 13.0. The second-order valence-corrected chi connectivity index (χ2v) is 7.17. The minimum Gasteiger partial charge on any atom is -0.453 e. The van der Waals surface area contributed by atoms with E-state index in [2.05, 4.69) is 12.0 Å². The number of methoxy groups -OCH3 is 1. The molecule has 0 radical (unpaired) electrons. The smallest absolute Gasteiger partial charge is 0.409 e. The summed E-state index contributed by atoms with van der Waals surface area (Å²) in [7, 11) is 1.40. The third-order valence-corrected chi connectivity index (χ3v) is 5.67. The van der Waals surface area contributed by atoms with Gasteiger partial charge in [-0.3, -0.25) is 4.79 Å². The third-order valence-electron chi connectivity index (χ3n) is 5.67. The molecule has 0 N–H and O–H groups in total. The first-order valence-corrected chi connectivity index (χ1v) is 9.33. The number of likely N-dealkylation sites (tertiary alicyclic amines) is 1. The van der Waals surface area contributed by atoms with Gasteiger partial charge in [0.1, 0.15) is 5.69 Å². The lowest BCUT2D eigenvalue weighted by Gasteiger charge is -2.38. The largest absolute Gasteiger partial charge is 0.453 e. The first kappa shape index (κ1) is 17.6. The second kappa shape index (κ2) is 6.72. The van der Waals surface area contributed by atoms with Gasteiger partial charge in [-0.15, -0.1) is 0 Å². The summed E-state index contributed by atoms with van der Waals surface area (Å²) in [6, 6.07) is 9.86. The molecule has 2 aliphatic rings. The molecule has 0 bridgehead atoms.